The molecule has 0 N–H and O–H groups in total. The second kappa shape index (κ2) is 25.2. The number of rotatable bonds is 6. The van der Waals surface area contributed by atoms with Crippen molar-refractivity contribution in [2.75, 3.05) is 0 Å². The molecule has 0 saturated carbocycles. The molecule has 0 spiro atoms. The van der Waals surface area contributed by atoms with Crippen LogP contribution in [-0.4, -0.2) is 9.97 Å². The van der Waals surface area contributed by atoms with Gasteiger partial charge in [0.25, 0.3) is 0 Å². The summed E-state index contributed by atoms with van der Waals surface area (Å²) in [6, 6.07) is 69.3. The minimum Gasteiger partial charge on any atom is -0.0620 e. The van der Waals surface area contributed by atoms with Gasteiger partial charge in [0.05, 0.1) is 26.9 Å². The first-order valence-corrected chi connectivity index (χ1v) is 22.6. The Bertz CT molecular complexity index is 2340. The van der Waals surface area contributed by atoms with Crippen LogP contribution in [-0.2, 0) is 30.4 Å². The average Bonchev–Trinajstić information content (AvgIpc) is 3.33. The van der Waals surface area contributed by atoms with Gasteiger partial charge < -0.3 is 0 Å². The predicted molar refractivity (Wildman–Crippen MR) is 257 cm³/mol. The summed E-state index contributed by atoms with van der Waals surface area (Å²) in [6.07, 6.45) is 3.88. The summed E-state index contributed by atoms with van der Waals surface area (Å²) in [4.78, 5) is 9.16. The van der Waals surface area contributed by atoms with E-state index in [9.17, 15) is 0 Å². The predicted octanol–water partition coefficient (Wildman–Crippen LogP) is 10.3. The summed E-state index contributed by atoms with van der Waals surface area (Å²) < 4.78 is 15.0. The van der Waals surface area contributed by atoms with E-state index in [4.69, 9.17) is 9.30 Å². The first kappa shape index (κ1) is 48.1. The SMILES string of the molecule is Cc1cnc2c(ccc3c(C)c(C)cnc32)c1C.[C-]#[O+].[C-]#[O+].[Mo+2].c1ccc([PH+](c2ccccc2)c2ccccc2)cc1.c1ccc([PH+](c2ccccc2)c2ccccc2)cc1. The van der Waals surface area contributed by atoms with Gasteiger partial charge in [-0.05, 0) is 123 Å². The Hall–Kier alpha value is -5.61. The van der Waals surface area contributed by atoms with Gasteiger partial charge in [0.2, 0.25) is 0 Å². The number of fused-ring (bicyclic) bond motifs is 3. The molecule has 61 heavy (non-hydrogen) atoms. The van der Waals surface area contributed by atoms with Gasteiger partial charge in [-0.15, -0.1) is 0 Å². The monoisotopic (exact) mass is 916 g/mol. The second-order valence-electron chi connectivity index (χ2n) is 13.9. The van der Waals surface area contributed by atoms with Gasteiger partial charge in [-0.3, -0.25) is 9.97 Å². The van der Waals surface area contributed by atoms with Crippen molar-refractivity contribution in [1.82, 2.24) is 9.97 Å². The van der Waals surface area contributed by atoms with Crippen LogP contribution < -0.4 is 31.8 Å². The van der Waals surface area contributed by atoms with E-state index in [-0.39, 0.29) is 21.1 Å². The number of hydrogen-bond donors (Lipinski definition) is 0. The molecule has 0 fully saturated rings. The quantitative estimate of drug-likeness (QED) is 0.0549. The number of benzene rings is 7. The second-order valence-corrected chi connectivity index (χ2v) is 18.9. The molecule has 7 heteroatoms. The van der Waals surface area contributed by atoms with Gasteiger partial charge in [-0.2, -0.15) is 0 Å². The van der Waals surface area contributed by atoms with E-state index >= 15 is 0 Å². The molecule has 2 aromatic heterocycles. The van der Waals surface area contributed by atoms with Crippen molar-refractivity contribution in [3.05, 3.63) is 242 Å². The number of aryl methyl sites for hydroxylation is 4. The topological polar surface area (TPSA) is 65.6 Å². The zero-order chi connectivity index (χ0) is 42.7. The molecular formula is C54H48MoN2O2P2+4. The zero-order valence-electron chi connectivity index (χ0n) is 34.7. The third-order valence-corrected chi connectivity index (χ3v) is 15.8. The van der Waals surface area contributed by atoms with Gasteiger partial charge in [0.15, 0.2) is 0 Å². The van der Waals surface area contributed by atoms with Crippen LogP contribution in [0.3, 0.4) is 0 Å². The Labute approximate surface area is 377 Å². The molecule has 298 valence electrons. The Morgan fingerprint density at radius 1 is 0.328 bits per heavy atom. The van der Waals surface area contributed by atoms with Crippen LogP contribution in [0.5, 0.6) is 0 Å². The van der Waals surface area contributed by atoms with Crippen molar-refractivity contribution < 1.29 is 30.4 Å². The molecule has 9 rings (SSSR count). The first-order chi connectivity index (χ1) is 29.5. The molecule has 0 bridgehead atoms. The Balaban J connectivity index is 0.000000192. The van der Waals surface area contributed by atoms with E-state index in [1.807, 2.05) is 12.4 Å². The van der Waals surface area contributed by atoms with Crippen LogP contribution in [0, 0.1) is 41.0 Å². The third-order valence-electron chi connectivity index (χ3n) is 10.3. The molecule has 0 radical (unpaired) electrons. The normalized spacial score (nSPS) is 10.0. The molecule has 0 atom stereocenters. The van der Waals surface area contributed by atoms with Crippen molar-refractivity contribution in [1.29, 1.82) is 0 Å². The van der Waals surface area contributed by atoms with Gasteiger partial charge >= 0.3 is 43.7 Å². The van der Waals surface area contributed by atoms with Crippen LogP contribution in [0.4, 0.5) is 0 Å². The van der Waals surface area contributed by atoms with Crippen LogP contribution in [0.25, 0.3) is 21.8 Å². The van der Waals surface area contributed by atoms with Crippen LogP contribution in [0.1, 0.15) is 22.3 Å². The Morgan fingerprint density at radius 2 is 0.525 bits per heavy atom. The maximum Gasteiger partial charge on any atom is 2.00 e. The molecule has 0 unspecified atom stereocenters. The number of pyridine rings is 2. The standard InChI is InChI=1S/2C18H15P.C16H16N2.2CO.Mo/c2*1-4-10-16(11-5-1)19(17-12-6-2-7-13-17)18-14-8-3-9-15-18;1-9-7-17-15-13(11(9)3)5-6-14-12(4)10(2)8-18-16(14)15;2*1-2;/h2*1-15H;5-8H,1-4H3;;;/q;;;;;+2/p+2. The fourth-order valence-corrected chi connectivity index (χ4v) is 12.2. The summed E-state index contributed by atoms with van der Waals surface area (Å²) in [6.45, 7) is 17.5. The fraction of sp³-hybridized carbons (Fsp3) is 0.0741. The van der Waals surface area contributed by atoms with Gasteiger partial charge in [0.1, 0.15) is 31.8 Å². The first-order valence-electron chi connectivity index (χ1n) is 19.6. The van der Waals surface area contributed by atoms with E-state index in [1.165, 1.54) is 64.9 Å². The summed E-state index contributed by atoms with van der Waals surface area (Å²) >= 11 is 0. The molecule has 2 heterocycles. The molecule has 0 aliphatic carbocycles. The van der Waals surface area contributed by atoms with Crippen molar-refractivity contribution >= 4 is 69.5 Å². The maximum absolute atomic E-state index is 7.50. The van der Waals surface area contributed by atoms with Crippen LogP contribution in [0.15, 0.2) is 207 Å². The largest absolute Gasteiger partial charge is 2.00 e. The van der Waals surface area contributed by atoms with E-state index < -0.39 is 15.8 Å². The maximum atomic E-state index is 7.50. The average molecular weight is 915 g/mol. The van der Waals surface area contributed by atoms with Crippen LogP contribution >= 0.6 is 15.8 Å². The van der Waals surface area contributed by atoms with E-state index in [1.54, 1.807) is 0 Å². The van der Waals surface area contributed by atoms with Gasteiger partial charge in [0, 0.05) is 23.2 Å². The third kappa shape index (κ3) is 12.5. The Morgan fingerprint density at radius 3 is 0.721 bits per heavy atom. The molecule has 0 aliphatic heterocycles. The van der Waals surface area contributed by atoms with Gasteiger partial charge in [-0.25, -0.2) is 0 Å². The van der Waals surface area contributed by atoms with Crippen molar-refractivity contribution in [2.45, 2.75) is 27.7 Å². The summed E-state index contributed by atoms with van der Waals surface area (Å²) in [5, 5.41) is 11.0. The Kier molecular flexibility index (Phi) is 19.9. The molecule has 9 aromatic rings. The minimum atomic E-state index is -0.877. The van der Waals surface area contributed by atoms with Crippen LogP contribution in [0.2, 0.25) is 0 Å². The van der Waals surface area contributed by atoms with E-state index in [0.29, 0.717) is 0 Å². The number of aromatic nitrogens is 2. The van der Waals surface area contributed by atoms with Crippen molar-refractivity contribution in [3.8, 4) is 0 Å². The molecule has 7 aromatic carbocycles. The summed E-state index contributed by atoms with van der Waals surface area (Å²) in [5.74, 6) is 0. The van der Waals surface area contributed by atoms with E-state index in [0.717, 1.165) is 11.0 Å². The number of hydrogen-bond acceptors (Lipinski definition) is 2. The fourth-order valence-electron chi connectivity index (χ4n) is 7.02. The van der Waals surface area contributed by atoms with E-state index in [2.05, 4.69) is 245 Å². The zero-order valence-corrected chi connectivity index (χ0v) is 38.8. The minimum absolute atomic E-state index is 0. The van der Waals surface area contributed by atoms with Gasteiger partial charge in [-0.1, -0.05) is 121 Å². The molecule has 0 saturated heterocycles. The smallest absolute Gasteiger partial charge is 0.0620 e. The number of nitrogens with zero attached hydrogens (tertiary/aromatic N) is 2. The summed E-state index contributed by atoms with van der Waals surface area (Å²) in [7, 11) is -1.75. The summed E-state index contributed by atoms with van der Waals surface area (Å²) in [5.41, 5.74) is 7.07. The molecule has 0 amide bonds. The molecule has 0 aliphatic rings. The van der Waals surface area contributed by atoms with Crippen molar-refractivity contribution in [2.24, 2.45) is 0 Å². The molecule has 4 nitrogen and oxygen atoms in total. The molecular weight excluding hydrogens is 866 g/mol. The van der Waals surface area contributed by atoms with Crippen molar-refractivity contribution in [3.63, 3.8) is 0 Å².